The minimum atomic E-state index is -0.377. The Hall–Kier alpha value is -3.81. The van der Waals surface area contributed by atoms with Gasteiger partial charge in [0, 0.05) is 35.1 Å². The number of hydrogen-bond acceptors (Lipinski definition) is 5. The van der Waals surface area contributed by atoms with Crippen molar-refractivity contribution in [2.45, 2.75) is 20.8 Å². The molecule has 2 heterocycles. The molecule has 0 bridgehead atoms. The van der Waals surface area contributed by atoms with Gasteiger partial charge in [-0.3, -0.25) is 4.79 Å². The lowest BCUT2D eigenvalue weighted by molar-refractivity contribution is 0.0997. The van der Waals surface area contributed by atoms with Crippen molar-refractivity contribution in [3.8, 4) is 17.0 Å². The Morgan fingerprint density at radius 2 is 1.65 bits per heavy atom. The van der Waals surface area contributed by atoms with Crippen LogP contribution in [-0.2, 0) is 0 Å². The van der Waals surface area contributed by atoms with E-state index < -0.39 is 0 Å². The lowest BCUT2D eigenvalue weighted by atomic mass is 10.1. The Bertz CT molecular complexity index is 1590. The third kappa shape index (κ3) is 5.05. The van der Waals surface area contributed by atoms with Crippen LogP contribution in [0.15, 0.2) is 71.1 Å². The second-order valence-corrected chi connectivity index (χ2v) is 9.42. The highest BCUT2D eigenvalue weighted by molar-refractivity contribution is 6.36. The predicted molar refractivity (Wildman–Crippen MR) is 149 cm³/mol. The van der Waals surface area contributed by atoms with E-state index in [-0.39, 0.29) is 11.7 Å². The van der Waals surface area contributed by atoms with Crippen molar-refractivity contribution >= 4 is 51.5 Å². The van der Waals surface area contributed by atoms with Crippen LogP contribution >= 0.6 is 23.2 Å². The number of carbonyl (C=O) groups is 1. The van der Waals surface area contributed by atoms with Crippen LogP contribution in [0, 0.1) is 6.92 Å². The lowest BCUT2D eigenvalue weighted by Gasteiger charge is -2.20. The number of nitrogens with one attached hydrogen (secondary N) is 1. The number of rotatable bonds is 7. The maximum atomic E-state index is 12.9. The summed E-state index contributed by atoms with van der Waals surface area (Å²) in [5.74, 6) is 0.268. The van der Waals surface area contributed by atoms with Crippen LogP contribution < -0.4 is 10.2 Å². The maximum Gasteiger partial charge on any atom is 0.291 e. The molecular weight excluding hydrogens is 509 g/mol. The predicted octanol–water partition coefficient (Wildman–Crippen LogP) is 7.39. The number of nitrogens with zero attached hydrogens (tertiary/aromatic N) is 4. The fraction of sp³-hybridized carbons (Fsp3) is 0.179. The van der Waals surface area contributed by atoms with Crippen molar-refractivity contribution in [3.05, 3.63) is 88.1 Å². The molecule has 0 aliphatic rings. The zero-order valence-electron chi connectivity index (χ0n) is 20.6. The molecule has 0 saturated carbocycles. The van der Waals surface area contributed by atoms with Crippen molar-refractivity contribution < 1.29 is 9.21 Å². The third-order valence-electron chi connectivity index (χ3n) is 6.21. The molecule has 0 fully saturated rings. The number of hydrogen-bond donors (Lipinski definition) is 1. The fourth-order valence-electron chi connectivity index (χ4n) is 4.18. The molecule has 3 aromatic carbocycles. The Kier molecular flexibility index (Phi) is 6.91. The number of anilines is 2. The smallest absolute Gasteiger partial charge is 0.291 e. The molecule has 0 saturated heterocycles. The van der Waals surface area contributed by atoms with Crippen molar-refractivity contribution in [1.29, 1.82) is 0 Å². The van der Waals surface area contributed by atoms with Crippen LogP contribution in [0.2, 0.25) is 10.0 Å². The monoisotopic (exact) mass is 533 g/mol. The zero-order valence-corrected chi connectivity index (χ0v) is 22.1. The molecule has 0 aliphatic heterocycles. The van der Waals surface area contributed by atoms with E-state index in [4.69, 9.17) is 27.6 Å². The van der Waals surface area contributed by atoms with Crippen molar-refractivity contribution in [2.75, 3.05) is 23.3 Å². The van der Waals surface area contributed by atoms with E-state index in [1.54, 1.807) is 35.1 Å². The van der Waals surface area contributed by atoms with E-state index in [9.17, 15) is 4.79 Å². The summed E-state index contributed by atoms with van der Waals surface area (Å²) in [6.45, 7) is 8.08. The lowest BCUT2D eigenvalue weighted by Crippen LogP contribution is -2.21. The highest BCUT2D eigenvalue weighted by Gasteiger charge is 2.17. The van der Waals surface area contributed by atoms with E-state index in [1.807, 2.05) is 31.2 Å². The first-order valence-corrected chi connectivity index (χ1v) is 12.7. The molecule has 0 radical (unpaired) electrons. The van der Waals surface area contributed by atoms with Gasteiger partial charge in [0.2, 0.25) is 0 Å². The molecule has 7 nitrogen and oxygen atoms in total. The molecule has 5 aromatic rings. The van der Waals surface area contributed by atoms with Gasteiger partial charge in [-0.05, 0) is 93.1 Å². The summed E-state index contributed by atoms with van der Waals surface area (Å²) in [6.07, 6.45) is 0. The zero-order chi connectivity index (χ0) is 26.1. The normalized spacial score (nSPS) is 11.2. The van der Waals surface area contributed by atoms with Crippen LogP contribution in [-0.4, -0.2) is 34.0 Å². The van der Waals surface area contributed by atoms with Gasteiger partial charge in [0.15, 0.2) is 5.76 Å². The fourth-order valence-corrected chi connectivity index (χ4v) is 4.68. The summed E-state index contributed by atoms with van der Waals surface area (Å²) in [5, 5.41) is 13.1. The first-order valence-electron chi connectivity index (χ1n) is 12.0. The molecule has 0 aliphatic carbocycles. The van der Waals surface area contributed by atoms with E-state index in [0.29, 0.717) is 32.6 Å². The van der Waals surface area contributed by atoms with Gasteiger partial charge in [0.05, 0.1) is 10.7 Å². The van der Waals surface area contributed by atoms with E-state index in [0.717, 1.165) is 35.5 Å². The molecule has 1 N–H and O–H groups in total. The Morgan fingerprint density at radius 3 is 2.32 bits per heavy atom. The molecule has 188 valence electrons. The van der Waals surface area contributed by atoms with Crippen LogP contribution in [0.25, 0.3) is 28.0 Å². The number of aryl methyl sites for hydroxylation is 1. The molecule has 37 heavy (non-hydrogen) atoms. The van der Waals surface area contributed by atoms with E-state index in [2.05, 4.69) is 46.4 Å². The van der Waals surface area contributed by atoms with Gasteiger partial charge in [0.25, 0.3) is 5.91 Å². The van der Waals surface area contributed by atoms with Gasteiger partial charge in [-0.15, -0.1) is 10.2 Å². The summed E-state index contributed by atoms with van der Waals surface area (Å²) >= 11 is 12.3. The van der Waals surface area contributed by atoms with Crippen LogP contribution in [0.1, 0.15) is 30.0 Å². The topological polar surface area (TPSA) is 76.2 Å². The number of amides is 1. The highest BCUT2D eigenvalue weighted by Crippen LogP contribution is 2.32. The van der Waals surface area contributed by atoms with Gasteiger partial charge in [-0.25, -0.2) is 0 Å². The molecular formula is C28H25Cl2N5O2. The molecule has 5 rings (SSSR count). The van der Waals surface area contributed by atoms with Crippen molar-refractivity contribution in [2.24, 2.45) is 0 Å². The average Bonchev–Trinajstić information content (AvgIpc) is 3.53. The van der Waals surface area contributed by atoms with Gasteiger partial charge >= 0.3 is 0 Å². The highest BCUT2D eigenvalue weighted by atomic mass is 35.5. The van der Waals surface area contributed by atoms with E-state index in [1.165, 1.54) is 0 Å². The number of fused-ring (bicyclic) bond motifs is 1. The standard InChI is InChI=1S/C28H25Cl2N5O2/c1-4-34(5-2)19-7-9-20(10-8-19)35-32-24-14-17(3)23(16-25(24)33-35)31-28(36)27-13-12-26(37-27)21-11-6-18(29)15-22(21)30/h6-16H,4-5H2,1-3H3,(H,31,36). The van der Waals surface area contributed by atoms with Crippen molar-refractivity contribution in [1.82, 2.24) is 15.0 Å². The SMILES string of the molecule is CCN(CC)c1ccc(-n2nc3cc(C)c(NC(=O)c4ccc(-c5ccc(Cl)cc5Cl)o4)cc3n2)cc1. The average molecular weight is 534 g/mol. The minimum Gasteiger partial charge on any atom is -0.451 e. The summed E-state index contributed by atoms with van der Waals surface area (Å²) in [5.41, 5.74) is 5.57. The number of carbonyl (C=O) groups excluding carboxylic acids is 1. The molecule has 0 spiro atoms. The Balaban J connectivity index is 1.37. The first kappa shape index (κ1) is 24.9. The second kappa shape index (κ2) is 10.3. The van der Waals surface area contributed by atoms with Crippen molar-refractivity contribution in [3.63, 3.8) is 0 Å². The minimum absolute atomic E-state index is 0.164. The van der Waals surface area contributed by atoms with E-state index >= 15 is 0 Å². The van der Waals surface area contributed by atoms with Crippen LogP contribution in [0.4, 0.5) is 11.4 Å². The second-order valence-electron chi connectivity index (χ2n) is 8.58. The first-order chi connectivity index (χ1) is 17.9. The number of halogens is 2. The molecule has 0 atom stereocenters. The van der Waals surface area contributed by atoms with Gasteiger partial charge in [-0.1, -0.05) is 23.2 Å². The quantitative estimate of drug-likeness (QED) is 0.236. The molecule has 0 unspecified atom stereocenters. The Morgan fingerprint density at radius 1 is 0.946 bits per heavy atom. The summed E-state index contributed by atoms with van der Waals surface area (Å²) in [6, 6.07) is 20.3. The van der Waals surface area contributed by atoms with Gasteiger partial charge in [-0.2, -0.15) is 4.80 Å². The van der Waals surface area contributed by atoms with Gasteiger partial charge < -0.3 is 14.6 Å². The number of furan rings is 1. The van der Waals surface area contributed by atoms with Gasteiger partial charge in [0.1, 0.15) is 16.8 Å². The molecule has 9 heteroatoms. The molecule has 1 amide bonds. The summed E-state index contributed by atoms with van der Waals surface area (Å²) in [4.78, 5) is 16.8. The molecule has 2 aromatic heterocycles. The third-order valence-corrected chi connectivity index (χ3v) is 6.76. The summed E-state index contributed by atoms with van der Waals surface area (Å²) < 4.78 is 5.78. The maximum absolute atomic E-state index is 12.9. The number of aromatic nitrogens is 3. The Labute approximate surface area is 224 Å². The largest absolute Gasteiger partial charge is 0.451 e. The van der Waals surface area contributed by atoms with Crippen LogP contribution in [0.5, 0.6) is 0 Å². The summed E-state index contributed by atoms with van der Waals surface area (Å²) in [7, 11) is 0. The number of benzene rings is 3. The van der Waals surface area contributed by atoms with Crippen LogP contribution in [0.3, 0.4) is 0 Å².